The Bertz CT molecular complexity index is 769. The number of halogens is 1. The van der Waals surface area contributed by atoms with Crippen LogP contribution in [-0.4, -0.2) is 23.2 Å². The van der Waals surface area contributed by atoms with Crippen LogP contribution in [0.25, 0.3) is 0 Å². The van der Waals surface area contributed by atoms with E-state index in [1.807, 2.05) is 0 Å². The molecular formula is C11H14FN5O2S. The first kappa shape index (κ1) is 14.3. The van der Waals surface area contributed by atoms with Crippen LogP contribution in [0.3, 0.4) is 0 Å². The van der Waals surface area contributed by atoms with E-state index >= 15 is 0 Å². The summed E-state index contributed by atoms with van der Waals surface area (Å²) in [5, 5.41) is 3.76. The number of aryl methyl sites for hydroxylation is 2. The van der Waals surface area contributed by atoms with Crippen LogP contribution in [0.1, 0.15) is 11.1 Å². The van der Waals surface area contributed by atoms with E-state index in [4.69, 9.17) is 5.73 Å². The van der Waals surface area contributed by atoms with E-state index < -0.39 is 15.8 Å². The Morgan fingerprint density at radius 3 is 2.60 bits per heavy atom. The minimum absolute atomic E-state index is 0.0561. The fourth-order valence-electron chi connectivity index (χ4n) is 1.90. The lowest BCUT2D eigenvalue weighted by Gasteiger charge is -2.14. The molecule has 3 N–H and O–H groups in total. The summed E-state index contributed by atoms with van der Waals surface area (Å²) in [6.45, 7) is 2.96. The van der Waals surface area contributed by atoms with E-state index in [-0.39, 0.29) is 27.7 Å². The number of anilines is 2. The summed E-state index contributed by atoms with van der Waals surface area (Å²) in [7, 11) is -2.38. The molecule has 2 aromatic rings. The molecule has 9 heteroatoms. The summed E-state index contributed by atoms with van der Waals surface area (Å²) in [5.41, 5.74) is 5.80. The van der Waals surface area contributed by atoms with E-state index in [0.29, 0.717) is 0 Å². The smallest absolute Gasteiger partial charge is 0.264 e. The topological polar surface area (TPSA) is 103 Å². The second kappa shape index (κ2) is 4.75. The van der Waals surface area contributed by atoms with E-state index in [0.717, 1.165) is 6.07 Å². The van der Waals surface area contributed by atoms with Gasteiger partial charge in [-0.3, -0.25) is 0 Å². The molecule has 0 bridgehead atoms. The second-order valence-electron chi connectivity index (χ2n) is 4.36. The molecule has 0 aliphatic carbocycles. The number of nitrogens with two attached hydrogens (primary N) is 1. The Balaban J connectivity index is 2.56. The first-order valence-electron chi connectivity index (χ1n) is 5.66. The Morgan fingerprint density at radius 1 is 1.40 bits per heavy atom. The maximum atomic E-state index is 13.5. The molecule has 0 saturated carbocycles. The highest BCUT2D eigenvalue weighted by Gasteiger charge is 2.24. The maximum absolute atomic E-state index is 13.5. The molecule has 1 heterocycles. The molecule has 0 atom stereocenters. The van der Waals surface area contributed by atoms with Crippen LogP contribution < -0.4 is 10.5 Å². The van der Waals surface area contributed by atoms with Gasteiger partial charge in [-0.15, -0.1) is 0 Å². The SMILES string of the molecule is Cc1cc(F)c(N)c(C)c1S(=O)(=O)Nc1ncnn1C. The number of rotatable bonds is 3. The normalized spacial score (nSPS) is 11.6. The van der Waals surface area contributed by atoms with Crippen molar-refractivity contribution in [2.75, 3.05) is 10.5 Å². The van der Waals surface area contributed by atoms with Crippen LogP contribution in [0.5, 0.6) is 0 Å². The van der Waals surface area contributed by atoms with Crippen LogP contribution in [0, 0.1) is 19.7 Å². The van der Waals surface area contributed by atoms with Crippen molar-refractivity contribution in [3.05, 3.63) is 29.3 Å². The van der Waals surface area contributed by atoms with Crippen LogP contribution in [0.4, 0.5) is 16.0 Å². The number of aromatic nitrogens is 3. The summed E-state index contributed by atoms with van der Waals surface area (Å²) in [5.74, 6) is -0.579. The molecule has 0 fully saturated rings. The number of hydrogen-bond donors (Lipinski definition) is 2. The predicted molar refractivity (Wildman–Crippen MR) is 72.1 cm³/mol. The van der Waals surface area contributed by atoms with Crippen molar-refractivity contribution < 1.29 is 12.8 Å². The Kier molecular flexibility index (Phi) is 3.38. The zero-order valence-electron chi connectivity index (χ0n) is 11.2. The second-order valence-corrected chi connectivity index (χ2v) is 5.98. The van der Waals surface area contributed by atoms with E-state index in [9.17, 15) is 12.8 Å². The average molecular weight is 299 g/mol. The van der Waals surface area contributed by atoms with Crippen LogP contribution in [0.15, 0.2) is 17.3 Å². The molecule has 0 spiro atoms. The van der Waals surface area contributed by atoms with Crippen LogP contribution in [0.2, 0.25) is 0 Å². The lowest BCUT2D eigenvalue weighted by atomic mass is 10.1. The molecule has 0 aliphatic heterocycles. The minimum atomic E-state index is -3.93. The summed E-state index contributed by atoms with van der Waals surface area (Å²) in [6, 6.07) is 1.09. The number of sulfonamides is 1. The molecule has 108 valence electrons. The number of nitrogens with zero attached hydrogens (tertiary/aromatic N) is 3. The van der Waals surface area contributed by atoms with Gasteiger partial charge >= 0.3 is 0 Å². The van der Waals surface area contributed by atoms with Gasteiger partial charge in [0.25, 0.3) is 10.0 Å². The molecular weight excluding hydrogens is 285 g/mol. The number of nitrogens with one attached hydrogen (secondary N) is 1. The van der Waals surface area contributed by atoms with Gasteiger partial charge < -0.3 is 5.73 Å². The first-order chi connectivity index (χ1) is 9.24. The van der Waals surface area contributed by atoms with Crippen molar-refractivity contribution >= 4 is 21.7 Å². The quantitative estimate of drug-likeness (QED) is 0.821. The van der Waals surface area contributed by atoms with Gasteiger partial charge in [0.05, 0.1) is 10.6 Å². The molecule has 7 nitrogen and oxygen atoms in total. The summed E-state index contributed by atoms with van der Waals surface area (Å²) < 4.78 is 41.8. The van der Waals surface area contributed by atoms with Crippen molar-refractivity contribution in [3.8, 4) is 0 Å². The molecule has 0 unspecified atom stereocenters. The summed E-state index contributed by atoms with van der Waals surface area (Å²) in [4.78, 5) is 3.73. The van der Waals surface area contributed by atoms with Gasteiger partial charge in [-0.05, 0) is 31.0 Å². The van der Waals surface area contributed by atoms with Crippen molar-refractivity contribution in [1.29, 1.82) is 0 Å². The number of benzene rings is 1. The van der Waals surface area contributed by atoms with Gasteiger partial charge in [0.2, 0.25) is 5.95 Å². The zero-order chi connectivity index (χ0) is 15.1. The fraction of sp³-hybridized carbons (Fsp3) is 0.273. The standard InChI is InChI=1S/C11H14FN5O2S/c1-6-4-8(12)9(13)7(2)10(6)20(18,19)16-11-14-5-15-17(11)3/h4-5H,13H2,1-3H3,(H,14,15,16). The third-order valence-corrected chi connectivity index (χ3v) is 4.53. The van der Waals surface area contributed by atoms with Gasteiger partial charge in [-0.25, -0.2) is 22.2 Å². The summed E-state index contributed by atoms with van der Waals surface area (Å²) in [6.07, 6.45) is 1.22. The molecule has 20 heavy (non-hydrogen) atoms. The number of nitrogen functional groups attached to an aromatic ring is 1. The van der Waals surface area contributed by atoms with Crippen molar-refractivity contribution in [2.45, 2.75) is 18.7 Å². The highest BCUT2D eigenvalue weighted by atomic mass is 32.2. The highest BCUT2D eigenvalue weighted by molar-refractivity contribution is 7.92. The van der Waals surface area contributed by atoms with E-state index in [2.05, 4.69) is 14.8 Å². The third kappa shape index (κ3) is 2.31. The minimum Gasteiger partial charge on any atom is -0.396 e. The van der Waals surface area contributed by atoms with Crippen LogP contribution >= 0.6 is 0 Å². The summed E-state index contributed by atoms with van der Waals surface area (Å²) >= 11 is 0. The average Bonchev–Trinajstić information content (AvgIpc) is 2.71. The van der Waals surface area contributed by atoms with Crippen molar-refractivity contribution in [3.63, 3.8) is 0 Å². The predicted octanol–water partition coefficient (Wildman–Crippen LogP) is 0.954. The molecule has 0 radical (unpaired) electrons. The van der Waals surface area contributed by atoms with Crippen molar-refractivity contribution in [2.24, 2.45) is 7.05 Å². The van der Waals surface area contributed by atoms with Gasteiger partial charge in [-0.2, -0.15) is 10.1 Å². The molecule has 0 saturated heterocycles. The van der Waals surface area contributed by atoms with E-state index in [1.54, 1.807) is 7.05 Å². The van der Waals surface area contributed by atoms with Gasteiger partial charge in [-0.1, -0.05) is 0 Å². The van der Waals surface area contributed by atoms with Gasteiger partial charge in [0.1, 0.15) is 12.1 Å². The Hall–Kier alpha value is -2.16. The van der Waals surface area contributed by atoms with Gasteiger partial charge in [0.15, 0.2) is 0 Å². The molecule has 0 aliphatic rings. The lowest BCUT2D eigenvalue weighted by Crippen LogP contribution is -2.19. The Morgan fingerprint density at radius 2 is 2.05 bits per heavy atom. The highest BCUT2D eigenvalue weighted by Crippen LogP contribution is 2.28. The largest absolute Gasteiger partial charge is 0.396 e. The molecule has 2 rings (SSSR count). The zero-order valence-corrected chi connectivity index (χ0v) is 12.0. The van der Waals surface area contributed by atoms with E-state index in [1.165, 1.54) is 24.9 Å². The molecule has 1 aromatic carbocycles. The number of hydrogen-bond acceptors (Lipinski definition) is 5. The molecule has 0 amide bonds. The first-order valence-corrected chi connectivity index (χ1v) is 7.14. The van der Waals surface area contributed by atoms with Crippen molar-refractivity contribution in [1.82, 2.24) is 14.8 Å². The lowest BCUT2D eigenvalue weighted by molar-refractivity contribution is 0.597. The van der Waals surface area contributed by atoms with Gasteiger partial charge in [0, 0.05) is 7.05 Å². The Labute approximate surface area is 115 Å². The monoisotopic (exact) mass is 299 g/mol. The molecule has 1 aromatic heterocycles. The maximum Gasteiger partial charge on any atom is 0.264 e. The fourth-order valence-corrected chi connectivity index (χ4v) is 3.43. The van der Waals surface area contributed by atoms with Crippen LogP contribution in [-0.2, 0) is 17.1 Å². The third-order valence-electron chi connectivity index (χ3n) is 2.91.